The highest BCUT2D eigenvalue weighted by atomic mass is 35.5. The second kappa shape index (κ2) is 13.9. The molecule has 39 heavy (non-hydrogen) atoms. The van der Waals surface area contributed by atoms with Crippen LogP contribution in [0.3, 0.4) is 0 Å². The molecule has 0 unspecified atom stereocenters. The van der Waals surface area contributed by atoms with Crippen molar-refractivity contribution in [3.05, 3.63) is 82.4 Å². The van der Waals surface area contributed by atoms with E-state index in [0.29, 0.717) is 13.1 Å². The van der Waals surface area contributed by atoms with Crippen LogP contribution in [0.1, 0.15) is 34.3 Å². The molecule has 1 heterocycles. The predicted octanol–water partition coefficient (Wildman–Crippen LogP) is 4.91. The molecule has 1 saturated heterocycles. The Bertz CT molecular complexity index is 1260. The number of hydrogen-bond donors (Lipinski definition) is 1. The van der Waals surface area contributed by atoms with Gasteiger partial charge >= 0.3 is 0 Å². The number of nitrogens with one attached hydrogen (secondary N) is 1. The Kier molecular flexibility index (Phi) is 10.1. The van der Waals surface area contributed by atoms with Crippen LogP contribution in [0.15, 0.2) is 60.7 Å². The van der Waals surface area contributed by atoms with Gasteiger partial charge in [0.2, 0.25) is 5.78 Å². The highest BCUT2D eigenvalue weighted by Crippen LogP contribution is 2.38. The smallest absolute Gasteiger partial charge is 0.292 e. The number of halogens is 1. The van der Waals surface area contributed by atoms with Crippen LogP contribution in [-0.2, 0) is 18.0 Å². The quantitative estimate of drug-likeness (QED) is 0.238. The maximum atomic E-state index is 13.0. The van der Waals surface area contributed by atoms with E-state index in [0.717, 1.165) is 48.6 Å². The molecule has 1 aliphatic heterocycles. The predicted molar refractivity (Wildman–Crippen MR) is 149 cm³/mol. The SMILES string of the molecule is COc1ccc(COc2cc(C(=O)C(=O)NCCN3CCCC3)cc(Cl)c2OCc2ccc(OC)cc2)cc1. The number of likely N-dealkylation sites (tertiary alicyclic amines) is 1. The fourth-order valence-electron chi connectivity index (χ4n) is 4.25. The van der Waals surface area contributed by atoms with Gasteiger partial charge in [-0.15, -0.1) is 0 Å². The fraction of sp³-hybridized carbons (Fsp3) is 0.333. The molecule has 206 valence electrons. The molecule has 0 atom stereocenters. The average molecular weight is 553 g/mol. The van der Waals surface area contributed by atoms with Crippen LogP contribution in [0, 0.1) is 0 Å². The van der Waals surface area contributed by atoms with Gasteiger partial charge < -0.3 is 29.2 Å². The summed E-state index contributed by atoms with van der Waals surface area (Å²) in [6.45, 7) is 3.57. The number of nitrogens with zero attached hydrogens (tertiary/aromatic N) is 1. The number of rotatable bonds is 13. The zero-order valence-electron chi connectivity index (χ0n) is 22.2. The second-order valence-electron chi connectivity index (χ2n) is 9.19. The summed E-state index contributed by atoms with van der Waals surface area (Å²) in [7, 11) is 3.21. The zero-order chi connectivity index (χ0) is 27.6. The summed E-state index contributed by atoms with van der Waals surface area (Å²) in [5.74, 6) is 0.648. The molecule has 1 fully saturated rings. The lowest BCUT2D eigenvalue weighted by molar-refractivity contribution is -0.117. The Morgan fingerprint density at radius 2 is 1.41 bits per heavy atom. The lowest BCUT2D eigenvalue weighted by atomic mass is 10.1. The van der Waals surface area contributed by atoms with E-state index in [9.17, 15) is 9.59 Å². The zero-order valence-corrected chi connectivity index (χ0v) is 23.0. The highest BCUT2D eigenvalue weighted by Gasteiger charge is 2.22. The van der Waals surface area contributed by atoms with Crippen LogP contribution in [0.5, 0.6) is 23.0 Å². The number of amides is 1. The van der Waals surface area contributed by atoms with E-state index in [1.165, 1.54) is 12.1 Å². The van der Waals surface area contributed by atoms with E-state index in [2.05, 4.69) is 10.2 Å². The summed E-state index contributed by atoms with van der Waals surface area (Å²) in [5.41, 5.74) is 1.90. The Balaban J connectivity index is 1.49. The maximum absolute atomic E-state index is 13.0. The molecule has 3 aromatic rings. The lowest BCUT2D eigenvalue weighted by Gasteiger charge is -2.17. The molecule has 0 aliphatic carbocycles. The van der Waals surface area contributed by atoms with Crippen molar-refractivity contribution in [3.8, 4) is 23.0 Å². The number of methoxy groups -OCH3 is 2. The third-order valence-corrected chi connectivity index (χ3v) is 6.77. The Hall–Kier alpha value is -3.75. The third-order valence-electron chi connectivity index (χ3n) is 6.49. The minimum Gasteiger partial charge on any atom is -0.497 e. The standard InChI is InChI=1S/C30H33ClN2O6/c1-36-24-9-5-21(6-10-24)19-38-27-18-23(28(34)30(35)32-13-16-33-14-3-4-15-33)17-26(31)29(27)39-20-22-7-11-25(37-2)12-8-22/h5-12,17-18H,3-4,13-16,19-20H2,1-2H3,(H,32,35). The summed E-state index contributed by atoms with van der Waals surface area (Å²) in [5, 5.41) is 2.89. The molecule has 4 rings (SSSR count). The molecule has 9 heteroatoms. The summed E-state index contributed by atoms with van der Waals surface area (Å²) < 4.78 is 22.5. The van der Waals surface area contributed by atoms with Gasteiger partial charge in [-0.25, -0.2) is 0 Å². The lowest BCUT2D eigenvalue weighted by Crippen LogP contribution is -2.37. The van der Waals surface area contributed by atoms with Gasteiger partial charge in [-0.3, -0.25) is 9.59 Å². The monoisotopic (exact) mass is 552 g/mol. The van der Waals surface area contributed by atoms with Crippen molar-refractivity contribution in [3.63, 3.8) is 0 Å². The third kappa shape index (κ3) is 7.88. The minimum absolute atomic E-state index is 0.125. The van der Waals surface area contributed by atoms with Crippen LogP contribution in [-0.4, -0.2) is 57.0 Å². The van der Waals surface area contributed by atoms with Gasteiger partial charge in [0.05, 0.1) is 19.2 Å². The first-order chi connectivity index (χ1) is 19.0. The number of Topliss-reactive ketones (excluding diaryl/α,β-unsaturated/α-hetero) is 1. The van der Waals surface area contributed by atoms with Crippen LogP contribution in [0.25, 0.3) is 0 Å². The summed E-state index contributed by atoms with van der Waals surface area (Å²) in [4.78, 5) is 27.8. The number of ketones is 1. The summed E-state index contributed by atoms with van der Waals surface area (Å²) in [6, 6.07) is 17.8. The van der Waals surface area contributed by atoms with Gasteiger partial charge in [0.1, 0.15) is 24.7 Å². The molecule has 1 aliphatic rings. The molecule has 0 aromatic heterocycles. The van der Waals surface area contributed by atoms with Crippen LogP contribution >= 0.6 is 11.6 Å². The Morgan fingerprint density at radius 1 is 0.846 bits per heavy atom. The molecule has 1 N–H and O–H groups in total. The first-order valence-corrected chi connectivity index (χ1v) is 13.2. The number of ether oxygens (including phenoxy) is 4. The first kappa shape index (κ1) is 28.3. The van der Waals surface area contributed by atoms with Crippen molar-refractivity contribution < 1.29 is 28.5 Å². The van der Waals surface area contributed by atoms with E-state index in [-0.39, 0.29) is 35.3 Å². The first-order valence-electron chi connectivity index (χ1n) is 12.9. The number of carbonyl (C=O) groups excluding carboxylic acids is 2. The molecule has 0 radical (unpaired) electrons. The van der Waals surface area contributed by atoms with Gasteiger partial charge in [0.15, 0.2) is 11.5 Å². The number of carbonyl (C=O) groups is 2. The van der Waals surface area contributed by atoms with Crippen LogP contribution < -0.4 is 24.3 Å². The Morgan fingerprint density at radius 3 is 1.97 bits per heavy atom. The van der Waals surface area contributed by atoms with Gasteiger partial charge in [0.25, 0.3) is 5.91 Å². The normalized spacial score (nSPS) is 13.1. The molecular formula is C30H33ClN2O6. The molecule has 0 spiro atoms. The average Bonchev–Trinajstić information content (AvgIpc) is 3.49. The van der Waals surface area contributed by atoms with E-state index in [4.69, 9.17) is 30.5 Å². The van der Waals surface area contributed by atoms with Crippen molar-refractivity contribution in [2.24, 2.45) is 0 Å². The molecule has 8 nitrogen and oxygen atoms in total. The maximum Gasteiger partial charge on any atom is 0.292 e. The topological polar surface area (TPSA) is 86.3 Å². The van der Waals surface area contributed by atoms with Crippen molar-refractivity contribution >= 4 is 23.3 Å². The molecule has 0 saturated carbocycles. The summed E-state index contributed by atoms with van der Waals surface area (Å²) >= 11 is 6.58. The van der Waals surface area contributed by atoms with E-state index >= 15 is 0 Å². The molecule has 3 aromatic carbocycles. The van der Waals surface area contributed by atoms with Crippen molar-refractivity contribution in [1.82, 2.24) is 10.2 Å². The molecule has 0 bridgehead atoms. The van der Waals surface area contributed by atoms with Gasteiger partial charge in [0, 0.05) is 18.7 Å². The van der Waals surface area contributed by atoms with Gasteiger partial charge in [-0.1, -0.05) is 35.9 Å². The fourth-order valence-corrected chi connectivity index (χ4v) is 4.52. The largest absolute Gasteiger partial charge is 0.497 e. The van der Waals surface area contributed by atoms with E-state index in [1.54, 1.807) is 14.2 Å². The summed E-state index contributed by atoms with van der Waals surface area (Å²) in [6.07, 6.45) is 2.33. The van der Waals surface area contributed by atoms with Crippen molar-refractivity contribution in [2.45, 2.75) is 26.1 Å². The second-order valence-corrected chi connectivity index (χ2v) is 9.60. The molecular weight excluding hydrogens is 520 g/mol. The van der Waals surface area contributed by atoms with Gasteiger partial charge in [-0.2, -0.15) is 0 Å². The van der Waals surface area contributed by atoms with E-state index in [1.807, 2.05) is 48.5 Å². The van der Waals surface area contributed by atoms with Gasteiger partial charge in [-0.05, 0) is 73.5 Å². The number of benzene rings is 3. The van der Waals surface area contributed by atoms with Crippen molar-refractivity contribution in [2.75, 3.05) is 40.4 Å². The van der Waals surface area contributed by atoms with Crippen LogP contribution in [0.2, 0.25) is 5.02 Å². The minimum atomic E-state index is -0.686. The van der Waals surface area contributed by atoms with Crippen LogP contribution in [0.4, 0.5) is 0 Å². The van der Waals surface area contributed by atoms with Crippen molar-refractivity contribution in [1.29, 1.82) is 0 Å². The molecule has 1 amide bonds. The van der Waals surface area contributed by atoms with E-state index < -0.39 is 11.7 Å². The number of hydrogen-bond acceptors (Lipinski definition) is 7. The highest BCUT2D eigenvalue weighted by molar-refractivity contribution is 6.43. The Labute approximate surface area is 233 Å².